The third-order valence-corrected chi connectivity index (χ3v) is 1.52. The van der Waals surface area contributed by atoms with Crippen LogP contribution in [-0.4, -0.2) is 17.3 Å². The molecule has 0 aliphatic heterocycles. The SMILES string of the molecule is C=NN(C(N)=C(C)C)C(C)(C)C. The molecule has 0 aromatic carbocycles. The highest BCUT2D eigenvalue weighted by Gasteiger charge is 2.21. The predicted octanol–water partition coefficient (Wildman–Crippen LogP) is 1.91. The highest BCUT2D eigenvalue weighted by Crippen LogP contribution is 2.18. The summed E-state index contributed by atoms with van der Waals surface area (Å²) in [5, 5.41) is 5.61. The molecular weight excluding hydrogens is 150 g/mol. The molecule has 3 heteroatoms. The third-order valence-electron chi connectivity index (χ3n) is 1.52. The molecule has 0 amide bonds. The normalized spacial score (nSPS) is 10.8. The lowest BCUT2D eigenvalue weighted by atomic mass is 10.1. The molecule has 0 aromatic heterocycles. The number of hydrazone groups is 1. The quantitative estimate of drug-likeness (QED) is 0.507. The number of hydrogen-bond donors (Lipinski definition) is 1. The van der Waals surface area contributed by atoms with E-state index in [1.54, 1.807) is 5.01 Å². The zero-order valence-electron chi connectivity index (χ0n) is 8.68. The standard InChI is InChI=1S/C9H19N3/c1-7(2)8(10)12(11-6)9(3,4)5/h6,10H2,1-5H3. The maximum Gasteiger partial charge on any atom is 0.119 e. The molecule has 0 aliphatic rings. The van der Waals surface area contributed by atoms with Gasteiger partial charge >= 0.3 is 0 Å². The summed E-state index contributed by atoms with van der Waals surface area (Å²) in [6, 6.07) is 0. The number of rotatable bonds is 2. The number of allylic oxidation sites excluding steroid dienone is 1. The summed E-state index contributed by atoms with van der Waals surface area (Å²) in [5.74, 6) is 0.678. The van der Waals surface area contributed by atoms with Crippen LogP contribution < -0.4 is 5.73 Å². The Labute approximate surface area is 74.9 Å². The monoisotopic (exact) mass is 169 g/mol. The molecule has 0 spiro atoms. The van der Waals surface area contributed by atoms with Gasteiger partial charge in [-0.05, 0) is 40.2 Å². The first-order valence-corrected chi connectivity index (χ1v) is 4.00. The van der Waals surface area contributed by atoms with E-state index in [0.29, 0.717) is 5.82 Å². The topological polar surface area (TPSA) is 41.6 Å². The van der Waals surface area contributed by atoms with Gasteiger partial charge in [-0.25, -0.2) is 5.01 Å². The van der Waals surface area contributed by atoms with Gasteiger partial charge in [0.05, 0.1) is 5.54 Å². The van der Waals surface area contributed by atoms with Crippen molar-refractivity contribution in [2.45, 2.75) is 40.2 Å². The minimum absolute atomic E-state index is 0.108. The molecular formula is C9H19N3. The average molecular weight is 169 g/mol. The van der Waals surface area contributed by atoms with E-state index in [0.717, 1.165) is 5.57 Å². The minimum Gasteiger partial charge on any atom is -0.384 e. The van der Waals surface area contributed by atoms with Crippen molar-refractivity contribution in [3.05, 3.63) is 11.4 Å². The van der Waals surface area contributed by atoms with Gasteiger partial charge < -0.3 is 5.73 Å². The molecule has 0 aliphatic carbocycles. The van der Waals surface area contributed by atoms with E-state index in [2.05, 4.69) is 11.8 Å². The largest absolute Gasteiger partial charge is 0.384 e. The summed E-state index contributed by atoms with van der Waals surface area (Å²) < 4.78 is 0. The van der Waals surface area contributed by atoms with Crippen LogP contribution in [0.4, 0.5) is 0 Å². The second-order valence-corrected chi connectivity index (χ2v) is 4.01. The molecule has 0 radical (unpaired) electrons. The van der Waals surface area contributed by atoms with Crippen molar-refractivity contribution in [2.75, 3.05) is 0 Å². The maximum atomic E-state index is 5.83. The fourth-order valence-electron chi connectivity index (χ4n) is 0.861. The van der Waals surface area contributed by atoms with E-state index in [-0.39, 0.29) is 5.54 Å². The zero-order chi connectivity index (χ0) is 9.94. The number of hydrogen-bond acceptors (Lipinski definition) is 3. The van der Waals surface area contributed by atoms with E-state index < -0.39 is 0 Å². The second kappa shape index (κ2) is 3.61. The Morgan fingerprint density at radius 3 is 1.83 bits per heavy atom. The van der Waals surface area contributed by atoms with Crippen LogP contribution in [0.1, 0.15) is 34.6 Å². The second-order valence-electron chi connectivity index (χ2n) is 4.01. The number of nitrogens with zero attached hydrogens (tertiary/aromatic N) is 2. The predicted molar refractivity (Wildman–Crippen MR) is 53.7 cm³/mol. The van der Waals surface area contributed by atoms with Crippen LogP contribution in [0.3, 0.4) is 0 Å². The summed E-state index contributed by atoms with van der Waals surface area (Å²) in [5.41, 5.74) is 6.77. The van der Waals surface area contributed by atoms with Crippen molar-refractivity contribution in [1.29, 1.82) is 0 Å². The van der Waals surface area contributed by atoms with E-state index >= 15 is 0 Å². The van der Waals surface area contributed by atoms with Crippen LogP contribution in [0.5, 0.6) is 0 Å². The van der Waals surface area contributed by atoms with Crippen molar-refractivity contribution in [3.63, 3.8) is 0 Å². The Kier molecular flexibility index (Phi) is 3.31. The van der Waals surface area contributed by atoms with Crippen LogP contribution in [-0.2, 0) is 0 Å². The van der Waals surface area contributed by atoms with Crippen molar-refractivity contribution in [3.8, 4) is 0 Å². The highest BCUT2D eigenvalue weighted by atomic mass is 15.5. The van der Waals surface area contributed by atoms with Gasteiger partial charge in [0.1, 0.15) is 5.82 Å². The average Bonchev–Trinajstić information content (AvgIpc) is 1.85. The Hall–Kier alpha value is -0.990. The smallest absolute Gasteiger partial charge is 0.119 e. The van der Waals surface area contributed by atoms with E-state index in [1.165, 1.54) is 0 Å². The first-order valence-electron chi connectivity index (χ1n) is 4.00. The molecule has 2 N–H and O–H groups in total. The van der Waals surface area contributed by atoms with Crippen LogP contribution in [0.15, 0.2) is 16.5 Å². The molecule has 3 nitrogen and oxygen atoms in total. The van der Waals surface area contributed by atoms with Gasteiger partial charge in [-0.3, -0.25) is 0 Å². The van der Waals surface area contributed by atoms with Crippen LogP contribution >= 0.6 is 0 Å². The molecule has 0 unspecified atom stereocenters. The summed E-state index contributed by atoms with van der Waals surface area (Å²) >= 11 is 0. The van der Waals surface area contributed by atoms with Gasteiger partial charge in [0.25, 0.3) is 0 Å². The van der Waals surface area contributed by atoms with Crippen LogP contribution in [0.25, 0.3) is 0 Å². The lowest BCUT2D eigenvalue weighted by Gasteiger charge is -2.33. The zero-order valence-corrected chi connectivity index (χ0v) is 8.68. The van der Waals surface area contributed by atoms with Crippen molar-refractivity contribution < 1.29 is 0 Å². The summed E-state index contributed by atoms with van der Waals surface area (Å²) in [7, 11) is 0. The lowest BCUT2D eigenvalue weighted by molar-refractivity contribution is 0.190. The molecule has 0 atom stereocenters. The fraction of sp³-hybridized carbons (Fsp3) is 0.667. The molecule has 0 heterocycles. The van der Waals surface area contributed by atoms with Crippen molar-refractivity contribution in [2.24, 2.45) is 10.8 Å². The van der Waals surface area contributed by atoms with Gasteiger partial charge in [0.15, 0.2) is 0 Å². The van der Waals surface area contributed by atoms with Crippen molar-refractivity contribution >= 4 is 6.72 Å². The molecule has 70 valence electrons. The molecule has 0 fully saturated rings. The Balaban J connectivity index is 4.83. The highest BCUT2D eigenvalue weighted by molar-refractivity contribution is 5.24. The third kappa shape index (κ3) is 2.57. The van der Waals surface area contributed by atoms with E-state index in [9.17, 15) is 0 Å². The van der Waals surface area contributed by atoms with Crippen molar-refractivity contribution in [1.82, 2.24) is 5.01 Å². The lowest BCUT2D eigenvalue weighted by Crippen LogP contribution is -2.39. The molecule has 0 saturated carbocycles. The Morgan fingerprint density at radius 2 is 1.75 bits per heavy atom. The van der Waals surface area contributed by atoms with Gasteiger partial charge in [0, 0.05) is 6.72 Å². The maximum absolute atomic E-state index is 5.83. The summed E-state index contributed by atoms with van der Waals surface area (Å²) in [6.07, 6.45) is 0. The number of nitrogens with two attached hydrogens (primary N) is 1. The Morgan fingerprint density at radius 1 is 1.33 bits per heavy atom. The van der Waals surface area contributed by atoms with Gasteiger partial charge in [-0.15, -0.1) is 0 Å². The van der Waals surface area contributed by atoms with E-state index in [4.69, 9.17) is 5.73 Å². The van der Waals surface area contributed by atoms with Gasteiger partial charge in [0.2, 0.25) is 0 Å². The molecule has 0 bridgehead atoms. The minimum atomic E-state index is -0.108. The molecule has 0 rings (SSSR count). The molecule has 12 heavy (non-hydrogen) atoms. The summed E-state index contributed by atoms with van der Waals surface area (Å²) in [6.45, 7) is 13.5. The van der Waals surface area contributed by atoms with E-state index in [1.807, 2.05) is 34.6 Å². The Bertz CT molecular complexity index is 194. The summed E-state index contributed by atoms with van der Waals surface area (Å²) in [4.78, 5) is 0. The first kappa shape index (κ1) is 11.0. The molecule has 0 aromatic rings. The van der Waals surface area contributed by atoms with Crippen LogP contribution in [0.2, 0.25) is 0 Å². The fourth-order valence-corrected chi connectivity index (χ4v) is 0.861. The van der Waals surface area contributed by atoms with Gasteiger partial charge in [-0.1, -0.05) is 0 Å². The van der Waals surface area contributed by atoms with Crippen LogP contribution in [0, 0.1) is 0 Å². The molecule has 0 saturated heterocycles. The first-order chi connectivity index (χ1) is 5.30. The van der Waals surface area contributed by atoms with Gasteiger partial charge in [-0.2, -0.15) is 5.10 Å².